The zero-order chi connectivity index (χ0) is 11.9. The first-order chi connectivity index (χ1) is 8.30. The Morgan fingerprint density at radius 1 is 1.41 bits per heavy atom. The number of nitrogens with zero attached hydrogens (tertiary/aromatic N) is 1. The van der Waals surface area contributed by atoms with Crippen molar-refractivity contribution in [1.29, 1.82) is 0 Å². The molecular weight excluding hydrogens is 222 g/mol. The number of isocyanates is 1. The van der Waals surface area contributed by atoms with Gasteiger partial charge in [0.2, 0.25) is 18.6 Å². The number of ether oxygens (including phenoxy) is 3. The predicted molar refractivity (Wildman–Crippen MR) is 58.2 cm³/mol. The number of rotatable bonds is 3. The van der Waals surface area contributed by atoms with Crippen LogP contribution in [0.4, 0.5) is 0 Å². The molecule has 0 spiro atoms. The fourth-order valence-electron chi connectivity index (χ4n) is 2.16. The van der Waals surface area contributed by atoms with Crippen LogP contribution >= 0.6 is 0 Å². The molecule has 1 saturated carbocycles. The number of fused-ring (bicyclic) bond motifs is 1. The molecular formula is C12H11NO4. The van der Waals surface area contributed by atoms with Crippen LogP contribution in [0.1, 0.15) is 18.4 Å². The second-order valence-electron chi connectivity index (χ2n) is 4.11. The largest absolute Gasteiger partial charge is 0.492 e. The molecule has 1 aliphatic heterocycles. The molecule has 1 heterocycles. The Balaban J connectivity index is 2.15. The fraction of sp³-hybridized carbons (Fsp3) is 0.417. The van der Waals surface area contributed by atoms with E-state index in [9.17, 15) is 4.79 Å². The van der Waals surface area contributed by atoms with Crippen molar-refractivity contribution in [3.8, 4) is 17.2 Å². The van der Waals surface area contributed by atoms with E-state index < -0.39 is 5.54 Å². The molecule has 2 aliphatic rings. The van der Waals surface area contributed by atoms with Crippen LogP contribution in [0, 0.1) is 0 Å². The molecule has 0 amide bonds. The van der Waals surface area contributed by atoms with Gasteiger partial charge in [-0.3, -0.25) is 0 Å². The molecule has 5 nitrogen and oxygen atoms in total. The second-order valence-corrected chi connectivity index (χ2v) is 4.11. The summed E-state index contributed by atoms with van der Waals surface area (Å²) in [6.07, 6.45) is 3.30. The Kier molecular flexibility index (Phi) is 2.09. The molecule has 0 atom stereocenters. The highest BCUT2D eigenvalue weighted by atomic mass is 16.7. The van der Waals surface area contributed by atoms with Crippen LogP contribution in [-0.4, -0.2) is 20.0 Å². The van der Waals surface area contributed by atoms with Gasteiger partial charge in [0.25, 0.3) is 0 Å². The smallest absolute Gasteiger partial charge is 0.235 e. The van der Waals surface area contributed by atoms with Crippen molar-refractivity contribution in [2.75, 3.05) is 13.9 Å². The Hall–Kier alpha value is -2.00. The van der Waals surface area contributed by atoms with Crippen LogP contribution in [0.2, 0.25) is 0 Å². The zero-order valence-corrected chi connectivity index (χ0v) is 9.36. The Bertz CT molecular complexity index is 515. The Morgan fingerprint density at radius 3 is 2.88 bits per heavy atom. The Labute approximate surface area is 98.0 Å². The molecule has 3 rings (SSSR count). The summed E-state index contributed by atoms with van der Waals surface area (Å²) in [5, 5.41) is 0. The highest BCUT2D eigenvalue weighted by molar-refractivity contribution is 5.60. The van der Waals surface area contributed by atoms with E-state index in [0.29, 0.717) is 17.2 Å². The minimum Gasteiger partial charge on any atom is -0.492 e. The van der Waals surface area contributed by atoms with E-state index in [0.717, 1.165) is 18.4 Å². The second kappa shape index (κ2) is 3.50. The van der Waals surface area contributed by atoms with Gasteiger partial charge in [0.1, 0.15) is 5.54 Å². The predicted octanol–water partition coefficient (Wildman–Crippen LogP) is 1.75. The minimum absolute atomic E-state index is 0.194. The Morgan fingerprint density at radius 2 is 2.24 bits per heavy atom. The highest BCUT2D eigenvalue weighted by Gasteiger charge is 2.48. The van der Waals surface area contributed by atoms with Gasteiger partial charge >= 0.3 is 0 Å². The van der Waals surface area contributed by atoms with Crippen molar-refractivity contribution in [1.82, 2.24) is 0 Å². The zero-order valence-electron chi connectivity index (χ0n) is 9.36. The highest BCUT2D eigenvalue weighted by Crippen LogP contribution is 2.56. The first kappa shape index (κ1) is 10.2. The van der Waals surface area contributed by atoms with Gasteiger partial charge in [-0.2, -0.15) is 4.99 Å². The maximum Gasteiger partial charge on any atom is 0.235 e. The van der Waals surface area contributed by atoms with Gasteiger partial charge in [-0.15, -0.1) is 0 Å². The summed E-state index contributed by atoms with van der Waals surface area (Å²) in [6.45, 7) is 0.194. The lowest BCUT2D eigenvalue weighted by molar-refractivity contribution is 0.171. The summed E-state index contributed by atoms with van der Waals surface area (Å²) in [5.41, 5.74) is 0.404. The SMILES string of the molecule is COc1c(C2(N=C=O)CC2)ccc2c1OCO2. The lowest BCUT2D eigenvalue weighted by Crippen LogP contribution is -2.05. The first-order valence-corrected chi connectivity index (χ1v) is 5.37. The molecule has 5 heteroatoms. The molecule has 88 valence electrons. The molecule has 0 unspecified atom stereocenters. The monoisotopic (exact) mass is 233 g/mol. The standard InChI is InChI=1S/C12H11NO4/c1-15-10-8(12(4-5-12)13-6-14)2-3-9-11(10)17-7-16-9/h2-3H,4-5,7H2,1H3. The van der Waals surface area contributed by atoms with E-state index >= 15 is 0 Å². The number of carbonyl (C=O) groups excluding carboxylic acids is 1. The quantitative estimate of drug-likeness (QED) is 0.589. The van der Waals surface area contributed by atoms with E-state index in [4.69, 9.17) is 14.2 Å². The van der Waals surface area contributed by atoms with Gasteiger partial charge < -0.3 is 14.2 Å². The summed E-state index contributed by atoms with van der Waals surface area (Å²) in [7, 11) is 1.57. The van der Waals surface area contributed by atoms with Crippen LogP contribution in [0.3, 0.4) is 0 Å². The van der Waals surface area contributed by atoms with Crippen molar-refractivity contribution in [3.05, 3.63) is 17.7 Å². The molecule has 0 aromatic heterocycles. The lowest BCUT2D eigenvalue weighted by atomic mass is 10.0. The lowest BCUT2D eigenvalue weighted by Gasteiger charge is -2.14. The molecule has 0 N–H and O–H groups in total. The van der Waals surface area contributed by atoms with Crippen LogP contribution < -0.4 is 14.2 Å². The third kappa shape index (κ3) is 1.40. The summed E-state index contributed by atoms with van der Waals surface area (Å²) in [4.78, 5) is 14.4. The number of methoxy groups -OCH3 is 1. The van der Waals surface area contributed by atoms with Crippen molar-refractivity contribution in [2.24, 2.45) is 4.99 Å². The van der Waals surface area contributed by atoms with Gasteiger partial charge in [0, 0.05) is 5.56 Å². The number of hydrogen-bond acceptors (Lipinski definition) is 5. The molecule has 0 saturated heterocycles. The number of benzene rings is 1. The van der Waals surface area contributed by atoms with Crippen molar-refractivity contribution >= 4 is 6.08 Å². The van der Waals surface area contributed by atoms with E-state index in [1.165, 1.54) is 0 Å². The molecule has 17 heavy (non-hydrogen) atoms. The van der Waals surface area contributed by atoms with Crippen LogP contribution in [0.15, 0.2) is 17.1 Å². The van der Waals surface area contributed by atoms with Gasteiger partial charge in [0.05, 0.1) is 7.11 Å². The summed E-state index contributed by atoms with van der Waals surface area (Å²) in [5.74, 6) is 1.87. The van der Waals surface area contributed by atoms with E-state index in [-0.39, 0.29) is 6.79 Å². The van der Waals surface area contributed by atoms with Crippen molar-refractivity contribution < 1.29 is 19.0 Å². The van der Waals surface area contributed by atoms with Crippen molar-refractivity contribution in [3.63, 3.8) is 0 Å². The van der Waals surface area contributed by atoms with Gasteiger partial charge in [-0.05, 0) is 25.0 Å². The molecule has 1 aromatic rings. The van der Waals surface area contributed by atoms with Crippen LogP contribution in [0.5, 0.6) is 17.2 Å². The van der Waals surface area contributed by atoms with Crippen LogP contribution in [-0.2, 0) is 10.3 Å². The third-order valence-electron chi connectivity index (χ3n) is 3.18. The maximum atomic E-state index is 10.5. The third-order valence-corrected chi connectivity index (χ3v) is 3.18. The molecule has 0 radical (unpaired) electrons. The fourth-order valence-corrected chi connectivity index (χ4v) is 2.16. The number of aliphatic imine (C=N–C) groups is 1. The molecule has 1 aliphatic carbocycles. The summed E-state index contributed by atoms with van der Waals surface area (Å²) in [6, 6.07) is 3.70. The summed E-state index contributed by atoms with van der Waals surface area (Å²) >= 11 is 0. The topological polar surface area (TPSA) is 57.1 Å². The average molecular weight is 233 g/mol. The molecule has 0 bridgehead atoms. The first-order valence-electron chi connectivity index (χ1n) is 5.37. The van der Waals surface area contributed by atoms with E-state index in [1.54, 1.807) is 13.2 Å². The van der Waals surface area contributed by atoms with Gasteiger partial charge in [0.15, 0.2) is 11.5 Å². The van der Waals surface area contributed by atoms with Gasteiger partial charge in [-0.1, -0.05) is 0 Å². The molecule has 1 fully saturated rings. The normalized spacial score (nSPS) is 18.4. The van der Waals surface area contributed by atoms with Gasteiger partial charge in [-0.25, -0.2) is 4.79 Å². The van der Waals surface area contributed by atoms with E-state index in [2.05, 4.69) is 4.99 Å². The van der Waals surface area contributed by atoms with E-state index in [1.807, 2.05) is 12.1 Å². The van der Waals surface area contributed by atoms with Crippen molar-refractivity contribution in [2.45, 2.75) is 18.4 Å². The summed E-state index contributed by atoms with van der Waals surface area (Å²) < 4.78 is 16.0. The minimum atomic E-state index is -0.464. The number of hydrogen-bond donors (Lipinski definition) is 0. The van der Waals surface area contributed by atoms with Crippen LogP contribution in [0.25, 0.3) is 0 Å². The average Bonchev–Trinajstić information content (AvgIpc) is 2.96. The molecule has 1 aromatic carbocycles. The maximum absolute atomic E-state index is 10.5.